The van der Waals surface area contributed by atoms with Crippen LogP contribution >= 0.6 is 0 Å². The van der Waals surface area contributed by atoms with E-state index in [0.29, 0.717) is 0 Å². The Kier molecular flexibility index (Phi) is 5.21. The number of hydrogen-bond acceptors (Lipinski definition) is 2. The van der Waals surface area contributed by atoms with E-state index in [-0.39, 0.29) is 11.1 Å². The van der Waals surface area contributed by atoms with E-state index >= 15 is 0 Å². The highest BCUT2D eigenvalue weighted by Crippen LogP contribution is 1.99. The Labute approximate surface area is 82.8 Å². The molecule has 0 rings (SSSR count). The number of nitriles is 2. The zero-order valence-corrected chi connectivity index (χ0v) is 7.05. The summed E-state index contributed by atoms with van der Waals surface area (Å²) in [5.74, 6) is 13.3. The lowest BCUT2D eigenvalue weighted by molar-refractivity contribution is 1.54. The molecule has 0 aliphatic heterocycles. The summed E-state index contributed by atoms with van der Waals surface area (Å²) < 4.78 is 0. The summed E-state index contributed by atoms with van der Waals surface area (Å²) in [4.78, 5) is 0. The van der Waals surface area contributed by atoms with Crippen molar-refractivity contribution in [3.05, 3.63) is 11.1 Å². The van der Waals surface area contributed by atoms with E-state index in [1.54, 1.807) is 12.1 Å². The normalized spacial score (nSPS) is 7.71. The molecule has 0 aliphatic carbocycles. The van der Waals surface area contributed by atoms with Crippen LogP contribution in [0.3, 0.4) is 0 Å². The van der Waals surface area contributed by atoms with Crippen molar-refractivity contribution < 1.29 is 0 Å². The molecule has 0 amide bonds. The molecule has 60 valence electrons. The van der Waals surface area contributed by atoms with Gasteiger partial charge in [-0.25, -0.2) is 0 Å². The Bertz CT molecular complexity index is 489. The molecule has 0 heterocycles. The van der Waals surface area contributed by atoms with Crippen molar-refractivity contribution in [2.24, 2.45) is 0 Å². The fraction of sp³-hybridized carbons (Fsp3) is 0. The van der Waals surface area contributed by atoms with Crippen molar-refractivity contribution >= 4 is 0 Å². The van der Waals surface area contributed by atoms with Gasteiger partial charge in [0.1, 0.15) is 0 Å². The van der Waals surface area contributed by atoms with Crippen molar-refractivity contribution in [3.8, 4) is 60.5 Å². The number of rotatable bonds is 0. The lowest BCUT2D eigenvalue weighted by atomic mass is 10.1. The first-order valence-electron chi connectivity index (χ1n) is 3.27. The van der Waals surface area contributed by atoms with Gasteiger partial charge in [-0.3, -0.25) is 0 Å². The average Bonchev–Trinajstić information content (AvgIpc) is 2.23. The first kappa shape index (κ1) is 11.0. The van der Waals surface area contributed by atoms with Gasteiger partial charge in [0.05, 0.1) is 11.1 Å². The van der Waals surface area contributed by atoms with Gasteiger partial charge in [0.15, 0.2) is 12.1 Å². The van der Waals surface area contributed by atoms with Gasteiger partial charge in [0.25, 0.3) is 0 Å². The molecule has 0 fully saturated rings. The van der Waals surface area contributed by atoms with Crippen molar-refractivity contribution in [1.82, 2.24) is 0 Å². The van der Waals surface area contributed by atoms with Gasteiger partial charge in [-0.1, -0.05) is 11.8 Å². The van der Waals surface area contributed by atoms with Gasteiger partial charge in [-0.2, -0.15) is 10.5 Å². The van der Waals surface area contributed by atoms with E-state index in [1.165, 1.54) is 0 Å². The fourth-order valence-corrected chi connectivity index (χ4v) is 0.522. The molecule has 0 aromatic rings. The Morgan fingerprint density at radius 1 is 0.786 bits per heavy atom. The molecular formula is C12H2N2. The monoisotopic (exact) mass is 174 g/mol. The number of terminal acetylenes is 2. The Balaban J connectivity index is 5.46. The first-order valence-corrected chi connectivity index (χ1v) is 3.27. The molecule has 0 saturated heterocycles. The summed E-state index contributed by atoms with van der Waals surface area (Å²) in [7, 11) is 0. The predicted molar refractivity (Wildman–Crippen MR) is 51.5 cm³/mol. The smallest absolute Gasteiger partial charge is 0.152 e. The summed E-state index contributed by atoms with van der Waals surface area (Å²) in [6.07, 6.45) is 10.2. The lowest BCUT2D eigenvalue weighted by Gasteiger charge is -1.86. The standard InChI is InChI=1S/C12H2N2/c1-3-11(7-5-9-13)12(4-2)8-6-10-14/h1-2H. The summed E-state index contributed by atoms with van der Waals surface area (Å²) in [5, 5.41) is 16.4. The Hall–Kier alpha value is -3.04. The number of hydrogen-bond donors (Lipinski definition) is 0. The van der Waals surface area contributed by atoms with E-state index in [0.717, 1.165) is 0 Å². The third-order valence-electron chi connectivity index (χ3n) is 1.03. The minimum Gasteiger partial charge on any atom is -0.183 e. The van der Waals surface area contributed by atoms with Crippen molar-refractivity contribution in [2.75, 3.05) is 0 Å². The van der Waals surface area contributed by atoms with Crippen molar-refractivity contribution in [1.29, 1.82) is 10.5 Å². The van der Waals surface area contributed by atoms with Crippen LogP contribution in [-0.4, -0.2) is 0 Å². The average molecular weight is 174 g/mol. The van der Waals surface area contributed by atoms with E-state index < -0.39 is 0 Å². The summed E-state index contributed by atoms with van der Waals surface area (Å²) in [5.41, 5.74) is 0.272. The second-order valence-electron chi connectivity index (χ2n) is 1.76. The molecule has 14 heavy (non-hydrogen) atoms. The fourth-order valence-electron chi connectivity index (χ4n) is 0.522. The number of nitrogens with zero attached hydrogens (tertiary/aromatic N) is 2. The highest BCUT2D eigenvalue weighted by Gasteiger charge is 1.94. The molecule has 0 atom stereocenters. The molecule has 0 aromatic carbocycles. The zero-order valence-electron chi connectivity index (χ0n) is 7.05. The van der Waals surface area contributed by atoms with Crippen LogP contribution in [0.2, 0.25) is 0 Å². The topological polar surface area (TPSA) is 47.6 Å². The summed E-state index contributed by atoms with van der Waals surface area (Å²) >= 11 is 0. The third kappa shape index (κ3) is 3.38. The molecule has 0 aromatic heterocycles. The Morgan fingerprint density at radius 2 is 1.14 bits per heavy atom. The zero-order chi connectivity index (χ0) is 10.8. The maximum Gasteiger partial charge on any atom is 0.152 e. The molecule has 0 N–H and O–H groups in total. The van der Waals surface area contributed by atoms with Crippen molar-refractivity contribution in [3.63, 3.8) is 0 Å². The molecule has 0 saturated carbocycles. The minimum absolute atomic E-state index is 0.136. The largest absolute Gasteiger partial charge is 0.183 e. The molecule has 2 nitrogen and oxygen atoms in total. The Morgan fingerprint density at radius 3 is 1.36 bits per heavy atom. The molecule has 0 radical (unpaired) electrons. The van der Waals surface area contributed by atoms with Gasteiger partial charge in [0, 0.05) is 11.8 Å². The van der Waals surface area contributed by atoms with Gasteiger partial charge in [0.2, 0.25) is 0 Å². The predicted octanol–water partition coefficient (Wildman–Crippen LogP) is 0.603. The van der Waals surface area contributed by atoms with E-state index in [1.807, 2.05) is 0 Å². The molecule has 0 unspecified atom stereocenters. The molecule has 2 heteroatoms. The maximum absolute atomic E-state index is 8.19. The van der Waals surface area contributed by atoms with Crippen LogP contribution in [0.5, 0.6) is 0 Å². The second kappa shape index (κ2) is 6.66. The molecular weight excluding hydrogens is 172 g/mol. The second-order valence-corrected chi connectivity index (χ2v) is 1.76. The highest BCUT2D eigenvalue weighted by atomic mass is 14.2. The number of allylic oxidation sites excluding steroid dienone is 2. The molecule has 0 spiro atoms. The van der Waals surface area contributed by atoms with Crippen LogP contribution in [0.25, 0.3) is 0 Å². The van der Waals surface area contributed by atoms with E-state index in [9.17, 15) is 0 Å². The van der Waals surface area contributed by atoms with Crippen LogP contribution in [0.15, 0.2) is 11.1 Å². The third-order valence-corrected chi connectivity index (χ3v) is 1.03. The van der Waals surface area contributed by atoms with Crippen LogP contribution in [0.4, 0.5) is 0 Å². The van der Waals surface area contributed by atoms with Gasteiger partial charge < -0.3 is 0 Å². The van der Waals surface area contributed by atoms with Crippen LogP contribution < -0.4 is 0 Å². The van der Waals surface area contributed by atoms with E-state index in [4.69, 9.17) is 23.4 Å². The van der Waals surface area contributed by atoms with Crippen molar-refractivity contribution in [2.45, 2.75) is 0 Å². The molecule has 0 bridgehead atoms. The maximum atomic E-state index is 8.19. The minimum atomic E-state index is 0.136. The van der Waals surface area contributed by atoms with Crippen LogP contribution in [0, 0.1) is 71.0 Å². The van der Waals surface area contributed by atoms with Gasteiger partial charge in [-0.05, 0) is 11.8 Å². The van der Waals surface area contributed by atoms with Crippen LogP contribution in [-0.2, 0) is 0 Å². The quantitative estimate of drug-likeness (QED) is 0.505. The summed E-state index contributed by atoms with van der Waals surface area (Å²) in [6, 6.07) is 3.19. The van der Waals surface area contributed by atoms with Crippen LogP contribution in [0.1, 0.15) is 0 Å². The lowest BCUT2D eigenvalue weighted by Crippen LogP contribution is -1.81. The van der Waals surface area contributed by atoms with Gasteiger partial charge in [-0.15, -0.1) is 12.8 Å². The SMILES string of the molecule is C#CC(C#CC#N)=C(C#C)C#CC#N. The van der Waals surface area contributed by atoms with E-state index in [2.05, 4.69) is 35.5 Å². The first-order chi connectivity index (χ1) is 6.79. The summed E-state index contributed by atoms with van der Waals surface area (Å²) in [6.45, 7) is 0. The van der Waals surface area contributed by atoms with Gasteiger partial charge >= 0.3 is 0 Å². The highest BCUT2D eigenvalue weighted by molar-refractivity contribution is 5.60. The molecule has 0 aliphatic rings.